The van der Waals surface area contributed by atoms with Crippen molar-refractivity contribution < 1.29 is 28.6 Å². The lowest BCUT2D eigenvalue weighted by Gasteiger charge is -2.26. The number of likely N-dealkylation sites (tertiary alicyclic amines) is 1. The number of hydrogen-bond donors (Lipinski definition) is 1. The minimum atomic E-state index is -0.818. The maximum absolute atomic E-state index is 13.4. The Bertz CT molecular complexity index is 1070. The molecule has 8 heteroatoms. The number of Topliss-reactive ketones (excluding diaryl/α,β-unsaturated/α-hetero) is 1. The van der Waals surface area contributed by atoms with Crippen molar-refractivity contribution in [3.63, 3.8) is 0 Å². The molecule has 7 nitrogen and oxygen atoms in total. The molecule has 1 N–H and O–H groups in total. The van der Waals surface area contributed by atoms with Crippen LogP contribution in [0.5, 0.6) is 11.5 Å². The lowest BCUT2D eigenvalue weighted by Crippen LogP contribution is -2.32. The van der Waals surface area contributed by atoms with E-state index >= 15 is 0 Å². The molecule has 1 aliphatic heterocycles. The van der Waals surface area contributed by atoms with Gasteiger partial charge in [-0.2, -0.15) is 0 Å². The molecule has 2 aromatic carbocycles. The second-order valence-corrected chi connectivity index (χ2v) is 8.23. The quantitative estimate of drug-likeness (QED) is 0.321. The van der Waals surface area contributed by atoms with Gasteiger partial charge >= 0.3 is 0 Å². The second-order valence-electron chi connectivity index (χ2n) is 8.23. The number of halogens is 1. The minimum absolute atomic E-state index is 0.0342. The Kier molecular flexibility index (Phi) is 8.28. The van der Waals surface area contributed by atoms with Crippen LogP contribution in [0.2, 0.25) is 0 Å². The number of aliphatic hydroxyl groups excluding tert-OH is 1. The Hall–Kier alpha value is -3.39. The van der Waals surface area contributed by atoms with Crippen molar-refractivity contribution >= 4 is 17.4 Å². The molecule has 2 aromatic rings. The Morgan fingerprint density at radius 1 is 1.03 bits per heavy atom. The number of amides is 1. The summed E-state index contributed by atoms with van der Waals surface area (Å²) in [5.74, 6) is -1.23. The summed E-state index contributed by atoms with van der Waals surface area (Å²) in [5.41, 5.74) is 0.835. The molecule has 0 bridgehead atoms. The number of carbonyl (C=O) groups excluding carboxylic acids is 2. The molecule has 1 aliphatic rings. The molecule has 34 heavy (non-hydrogen) atoms. The summed E-state index contributed by atoms with van der Waals surface area (Å²) in [4.78, 5) is 29.6. The molecular weight excluding hydrogens is 439 g/mol. The van der Waals surface area contributed by atoms with Crippen molar-refractivity contribution in [2.75, 3.05) is 40.4 Å². The number of nitrogens with zero attached hydrogens (tertiary/aromatic N) is 2. The van der Waals surface area contributed by atoms with Crippen LogP contribution in [-0.4, -0.2) is 67.0 Å². The van der Waals surface area contributed by atoms with Crippen LogP contribution in [0, 0.1) is 5.82 Å². The van der Waals surface area contributed by atoms with Gasteiger partial charge in [-0.05, 0) is 82.9 Å². The summed E-state index contributed by atoms with van der Waals surface area (Å²) in [6, 6.07) is 9.57. The third-order valence-corrected chi connectivity index (χ3v) is 5.55. The van der Waals surface area contributed by atoms with E-state index in [2.05, 4.69) is 0 Å². The molecule has 1 heterocycles. The van der Waals surface area contributed by atoms with E-state index in [1.165, 1.54) is 29.2 Å². The van der Waals surface area contributed by atoms with E-state index in [4.69, 9.17) is 9.47 Å². The maximum atomic E-state index is 13.4. The summed E-state index contributed by atoms with van der Waals surface area (Å²) in [5, 5.41) is 11.1. The van der Waals surface area contributed by atoms with E-state index in [1.807, 2.05) is 32.8 Å². The first-order valence-corrected chi connectivity index (χ1v) is 11.4. The number of ketones is 1. The Balaban J connectivity index is 2.13. The van der Waals surface area contributed by atoms with Gasteiger partial charge in [-0.25, -0.2) is 4.39 Å². The summed E-state index contributed by atoms with van der Waals surface area (Å²) in [6.45, 7) is 5.62. The van der Waals surface area contributed by atoms with Crippen molar-refractivity contribution in [3.05, 3.63) is 65.0 Å². The molecule has 0 radical (unpaired) electrons. The van der Waals surface area contributed by atoms with E-state index in [-0.39, 0.29) is 16.9 Å². The topological polar surface area (TPSA) is 79.3 Å². The highest BCUT2D eigenvalue weighted by Gasteiger charge is 2.46. The van der Waals surface area contributed by atoms with Gasteiger partial charge in [0.15, 0.2) is 11.5 Å². The van der Waals surface area contributed by atoms with Crippen LogP contribution in [0.1, 0.15) is 37.4 Å². The van der Waals surface area contributed by atoms with Crippen molar-refractivity contribution in [2.45, 2.75) is 26.3 Å². The number of rotatable bonds is 10. The monoisotopic (exact) mass is 470 g/mol. The summed E-state index contributed by atoms with van der Waals surface area (Å²) >= 11 is 0. The maximum Gasteiger partial charge on any atom is 0.295 e. The lowest BCUT2D eigenvalue weighted by molar-refractivity contribution is -0.139. The molecule has 1 saturated heterocycles. The van der Waals surface area contributed by atoms with Crippen LogP contribution < -0.4 is 9.47 Å². The zero-order valence-electron chi connectivity index (χ0n) is 20.0. The lowest BCUT2D eigenvalue weighted by atomic mass is 9.95. The fraction of sp³-hybridized carbons (Fsp3) is 0.385. The van der Waals surface area contributed by atoms with Gasteiger partial charge in [0.05, 0.1) is 24.8 Å². The predicted octanol–water partition coefficient (Wildman–Crippen LogP) is 4.00. The Morgan fingerprint density at radius 2 is 1.68 bits per heavy atom. The van der Waals surface area contributed by atoms with Crippen molar-refractivity contribution in [2.24, 2.45) is 0 Å². The Labute approximate surface area is 199 Å². The molecule has 3 rings (SSSR count). The zero-order valence-corrected chi connectivity index (χ0v) is 20.0. The SMILES string of the molecule is CCOc1ccc(C2/C(=C(/O)c3ccc(F)cc3)C(=O)C(=O)N2CCCN(C)C)cc1OCC. The van der Waals surface area contributed by atoms with Crippen LogP contribution in [0.25, 0.3) is 5.76 Å². The van der Waals surface area contributed by atoms with Gasteiger partial charge in [-0.1, -0.05) is 6.07 Å². The van der Waals surface area contributed by atoms with Gasteiger partial charge in [0.25, 0.3) is 11.7 Å². The highest BCUT2D eigenvalue weighted by molar-refractivity contribution is 6.46. The average Bonchev–Trinajstić information content (AvgIpc) is 3.05. The summed E-state index contributed by atoms with van der Waals surface area (Å²) in [7, 11) is 3.86. The fourth-order valence-corrected chi connectivity index (χ4v) is 4.02. The van der Waals surface area contributed by atoms with E-state index in [0.717, 1.165) is 6.54 Å². The smallest absolute Gasteiger partial charge is 0.295 e. The largest absolute Gasteiger partial charge is 0.507 e. The van der Waals surface area contributed by atoms with Crippen LogP contribution in [0.3, 0.4) is 0 Å². The molecule has 182 valence electrons. The van der Waals surface area contributed by atoms with Gasteiger partial charge in [-0.3, -0.25) is 9.59 Å². The molecule has 0 saturated carbocycles. The van der Waals surface area contributed by atoms with Gasteiger partial charge in [0, 0.05) is 12.1 Å². The number of aliphatic hydroxyl groups is 1. The van der Waals surface area contributed by atoms with Crippen LogP contribution in [0.4, 0.5) is 4.39 Å². The first-order valence-electron chi connectivity index (χ1n) is 11.4. The number of ether oxygens (including phenoxy) is 2. The van der Waals surface area contributed by atoms with Crippen molar-refractivity contribution in [1.82, 2.24) is 9.80 Å². The van der Waals surface area contributed by atoms with E-state index < -0.39 is 23.5 Å². The highest BCUT2D eigenvalue weighted by atomic mass is 19.1. The number of benzene rings is 2. The third-order valence-electron chi connectivity index (χ3n) is 5.55. The van der Waals surface area contributed by atoms with Gasteiger partial charge in [0.2, 0.25) is 0 Å². The van der Waals surface area contributed by atoms with Crippen LogP contribution in [-0.2, 0) is 9.59 Å². The second kappa shape index (κ2) is 11.2. The molecule has 0 aromatic heterocycles. The molecule has 0 aliphatic carbocycles. The van der Waals surface area contributed by atoms with Gasteiger partial charge in [0.1, 0.15) is 11.6 Å². The van der Waals surface area contributed by atoms with Crippen molar-refractivity contribution in [1.29, 1.82) is 0 Å². The Morgan fingerprint density at radius 3 is 2.29 bits per heavy atom. The van der Waals surface area contributed by atoms with Crippen molar-refractivity contribution in [3.8, 4) is 11.5 Å². The first-order chi connectivity index (χ1) is 16.3. The van der Waals surface area contributed by atoms with E-state index in [0.29, 0.717) is 43.2 Å². The molecule has 0 spiro atoms. The summed E-state index contributed by atoms with van der Waals surface area (Å²) < 4.78 is 24.8. The fourth-order valence-electron chi connectivity index (χ4n) is 4.02. The highest BCUT2D eigenvalue weighted by Crippen LogP contribution is 2.42. The van der Waals surface area contributed by atoms with E-state index in [1.54, 1.807) is 18.2 Å². The standard InChI is InChI=1S/C26H31FN2O5/c1-5-33-20-13-10-18(16-21(20)34-6-2)23-22(24(30)17-8-11-19(27)12-9-17)25(31)26(32)29(23)15-7-14-28(3)4/h8-13,16,23,30H,5-7,14-15H2,1-4H3/b24-22-. The van der Waals surface area contributed by atoms with Gasteiger partial charge in [-0.15, -0.1) is 0 Å². The van der Waals surface area contributed by atoms with Crippen LogP contribution in [0.15, 0.2) is 48.0 Å². The van der Waals surface area contributed by atoms with Gasteiger partial charge < -0.3 is 24.4 Å². The summed E-state index contributed by atoms with van der Waals surface area (Å²) in [6.07, 6.45) is 0.641. The third kappa shape index (κ3) is 5.39. The molecule has 1 atom stereocenters. The zero-order chi connectivity index (χ0) is 24.8. The predicted molar refractivity (Wildman–Crippen MR) is 127 cm³/mol. The minimum Gasteiger partial charge on any atom is -0.507 e. The van der Waals surface area contributed by atoms with E-state index in [9.17, 15) is 19.1 Å². The number of carbonyl (C=O) groups is 2. The molecule has 1 unspecified atom stereocenters. The molecule has 1 amide bonds. The normalized spacial score (nSPS) is 17.5. The first kappa shape index (κ1) is 25.2. The molecular formula is C26H31FN2O5. The molecule has 1 fully saturated rings. The average molecular weight is 471 g/mol. The van der Waals surface area contributed by atoms with Crippen LogP contribution >= 0.6 is 0 Å². The number of hydrogen-bond acceptors (Lipinski definition) is 6.